The summed E-state index contributed by atoms with van der Waals surface area (Å²) in [5.74, 6) is -0.0189. The van der Waals surface area contributed by atoms with Crippen LogP contribution in [-0.2, 0) is 4.74 Å². The molecule has 4 N–H and O–H groups in total. The number of hydrogen-bond donors (Lipinski definition) is 4. The summed E-state index contributed by atoms with van der Waals surface area (Å²) in [6, 6.07) is -0.837. The van der Waals surface area contributed by atoms with E-state index in [1.54, 1.807) is 0 Å². The maximum absolute atomic E-state index is 12.6. The number of carbonyl (C=O) groups is 1. The quantitative estimate of drug-likeness (QED) is 0.184. The zero-order valence-electron chi connectivity index (χ0n) is 14.1. The Morgan fingerprint density at radius 3 is 2.36 bits per heavy atom. The summed E-state index contributed by atoms with van der Waals surface area (Å²) in [6.07, 6.45) is -5.07. The monoisotopic (exact) mass is 383 g/mol. The third kappa shape index (κ3) is 5.47. The average Bonchev–Trinajstić information content (AvgIpc) is 2.62. The molecule has 0 aromatic rings. The Hall–Kier alpha value is -1.04. The van der Waals surface area contributed by atoms with Crippen LogP contribution in [0.3, 0.4) is 0 Å². The van der Waals surface area contributed by atoms with Gasteiger partial charge in [0.15, 0.2) is 6.23 Å². The van der Waals surface area contributed by atoms with Gasteiger partial charge in [-0.3, -0.25) is 4.90 Å². The molecule has 146 valence electrons. The number of halogens is 1. The van der Waals surface area contributed by atoms with Gasteiger partial charge in [-0.25, -0.2) is 4.79 Å². The molecule has 2 amide bonds. The van der Waals surface area contributed by atoms with E-state index in [-0.39, 0.29) is 19.0 Å². The third-order valence-corrected chi connectivity index (χ3v) is 4.21. The summed E-state index contributed by atoms with van der Waals surface area (Å²) in [6.45, 7) is 1.35. The molecule has 1 aliphatic rings. The minimum Gasteiger partial charge on any atom is -0.394 e. The second-order valence-corrected chi connectivity index (χ2v) is 6.17. The predicted molar refractivity (Wildman–Crippen MR) is 88.6 cm³/mol. The lowest BCUT2D eigenvalue weighted by Crippen LogP contribution is -2.65. The first kappa shape index (κ1) is 22.0. The van der Waals surface area contributed by atoms with Gasteiger partial charge in [-0.15, -0.1) is 16.5 Å². The van der Waals surface area contributed by atoms with Crippen molar-refractivity contribution < 1.29 is 30.0 Å². The molecule has 0 spiro atoms. The number of nitroso groups, excluding NO2 is 1. The van der Waals surface area contributed by atoms with Gasteiger partial charge in [0, 0.05) is 12.4 Å². The van der Waals surface area contributed by atoms with Crippen LogP contribution in [0.2, 0.25) is 0 Å². The van der Waals surface area contributed by atoms with Crippen LogP contribution in [0, 0.1) is 4.91 Å². The fourth-order valence-electron chi connectivity index (χ4n) is 2.60. The van der Waals surface area contributed by atoms with E-state index in [2.05, 4.69) is 5.29 Å². The lowest BCUT2D eigenvalue weighted by atomic mass is 9.97. The second-order valence-electron chi connectivity index (χ2n) is 5.80. The van der Waals surface area contributed by atoms with Crippen molar-refractivity contribution in [3.8, 4) is 0 Å². The maximum Gasteiger partial charge on any atom is 0.345 e. The first-order chi connectivity index (χ1) is 11.9. The fraction of sp³-hybridized carbons (Fsp3) is 0.929. The number of ether oxygens (including phenoxy) is 1. The Kier molecular flexibility index (Phi) is 9.54. The van der Waals surface area contributed by atoms with Gasteiger partial charge in [0.25, 0.3) is 0 Å². The number of alkyl halides is 1. The average molecular weight is 384 g/mol. The fourth-order valence-corrected chi connectivity index (χ4v) is 2.76. The molecular formula is C14H26ClN3O7. The largest absolute Gasteiger partial charge is 0.394 e. The lowest BCUT2D eigenvalue weighted by molar-refractivity contribution is -0.258. The van der Waals surface area contributed by atoms with Crippen molar-refractivity contribution in [2.24, 2.45) is 5.29 Å². The SMILES string of the molecule is CCCCCN(C(=O)N(CCCl)N=O)[C@@H]1O[C@H](CO)[C@@H](O)[C@H](O)[C@H]1O. The highest BCUT2D eigenvalue weighted by Gasteiger charge is 2.47. The Labute approximate surface area is 150 Å². The van der Waals surface area contributed by atoms with Crippen LogP contribution in [0.15, 0.2) is 5.29 Å². The van der Waals surface area contributed by atoms with E-state index in [1.807, 2.05) is 6.92 Å². The molecule has 0 saturated carbocycles. The number of aliphatic hydroxyl groups is 4. The number of carbonyl (C=O) groups excluding carboxylic acids is 1. The molecule has 25 heavy (non-hydrogen) atoms. The van der Waals surface area contributed by atoms with Crippen molar-refractivity contribution in [3.63, 3.8) is 0 Å². The number of aliphatic hydroxyl groups excluding tert-OH is 4. The Bertz CT molecular complexity index is 429. The van der Waals surface area contributed by atoms with Gasteiger partial charge < -0.3 is 25.2 Å². The molecule has 0 unspecified atom stereocenters. The second kappa shape index (κ2) is 10.8. The zero-order chi connectivity index (χ0) is 19.0. The summed E-state index contributed by atoms with van der Waals surface area (Å²) in [7, 11) is 0. The summed E-state index contributed by atoms with van der Waals surface area (Å²) in [5.41, 5.74) is 0. The van der Waals surface area contributed by atoms with Crippen molar-refractivity contribution in [1.29, 1.82) is 0 Å². The highest BCUT2D eigenvalue weighted by atomic mass is 35.5. The summed E-state index contributed by atoms with van der Waals surface area (Å²) < 4.78 is 5.41. The number of rotatable bonds is 9. The summed E-state index contributed by atoms with van der Waals surface area (Å²) in [4.78, 5) is 24.6. The van der Waals surface area contributed by atoms with Gasteiger partial charge >= 0.3 is 6.03 Å². The molecule has 0 aromatic carbocycles. The van der Waals surface area contributed by atoms with Gasteiger partial charge in [0.2, 0.25) is 0 Å². The first-order valence-corrected chi connectivity index (χ1v) is 8.74. The molecular weight excluding hydrogens is 358 g/mol. The van der Waals surface area contributed by atoms with Crippen molar-refractivity contribution in [1.82, 2.24) is 9.91 Å². The number of urea groups is 1. The number of hydrogen-bond acceptors (Lipinski definition) is 8. The van der Waals surface area contributed by atoms with E-state index >= 15 is 0 Å². The normalized spacial score (nSPS) is 29.3. The smallest absolute Gasteiger partial charge is 0.345 e. The van der Waals surface area contributed by atoms with Crippen LogP contribution in [0.5, 0.6) is 0 Å². The number of unbranched alkanes of at least 4 members (excludes halogenated alkanes) is 2. The molecule has 1 aliphatic heterocycles. The van der Waals surface area contributed by atoms with Crippen LogP contribution in [0.4, 0.5) is 4.79 Å². The molecule has 1 saturated heterocycles. The van der Waals surface area contributed by atoms with Crippen molar-refractivity contribution in [2.45, 2.75) is 56.8 Å². The summed E-state index contributed by atoms with van der Waals surface area (Å²) >= 11 is 5.55. The van der Waals surface area contributed by atoms with Gasteiger partial charge in [-0.05, 0) is 6.42 Å². The molecule has 0 radical (unpaired) electrons. The first-order valence-electron chi connectivity index (χ1n) is 8.20. The van der Waals surface area contributed by atoms with Gasteiger partial charge in [-0.1, -0.05) is 19.8 Å². The van der Waals surface area contributed by atoms with Crippen molar-refractivity contribution in [2.75, 3.05) is 25.6 Å². The Morgan fingerprint density at radius 2 is 1.84 bits per heavy atom. The lowest BCUT2D eigenvalue weighted by Gasteiger charge is -2.44. The summed E-state index contributed by atoms with van der Waals surface area (Å²) in [5, 5.41) is 42.5. The zero-order valence-corrected chi connectivity index (χ0v) is 14.8. The third-order valence-electron chi connectivity index (χ3n) is 4.04. The van der Waals surface area contributed by atoms with Crippen LogP contribution in [0.1, 0.15) is 26.2 Å². The maximum atomic E-state index is 12.6. The molecule has 0 aromatic heterocycles. The van der Waals surface area contributed by atoms with Gasteiger partial charge in [-0.2, -0.15) is 5.01 Å². The molecule has 1 fully saturated rings. The number of nitrogens with zero attached hydrogens (tertiary/aromatic N) is 3. The molecule has 0 bridgehead atoms. The molecule has 0 aliphatic carbocycles. The minimum absolute atomic E-state index is 0.0189. The van der Waals surface area contributed by atoms with E-state index in [0.29, 0.717) is 11.4 Å². The van der Waals surface area contributed by atoms with E-state index in [0.717, 1.165) is 17.7 Å². The van der Waals surface area contributed by atoms with E-state index in [4.69, 9.17) is 16.3 Å². The highest BCUT2D eigenvalue weighted by Crippen LogP contribution is 2.25. The van der Waals surface area contributed by atoms with Gasteiger partial charge in [0.1, 0.15) is 24.4 Å². The van der Waals surface area contributed by atoms with Gasteiger partial charge in [0.05, 0.1) is 18.4 Å². The molecule has 5 atom stereocenters. The Balaban J connectivity index is 3.03. The van der Waals surface area contributed by atoms with Crippen molar-refractivity contribution in [3.05, 3.63) is 4.91 Å². The van der Waals surface area contributed by atoms with Crippen molar-refractivity contribution >= 4 is 17.6 Å². The van der Waals surface area contributed by atoms with E-state index in [1.165, 1.54) is 0 Å². The standard InChI is InChI=1S/C14H26ClN3O7/c1-2-3-4-6-17(14(23)18(16-24)7-5-15)13-12(22)11(21)10(20)9(8-19)25-13/h9-13,19-22H,2-8H2,1H3/t9-,10-,11+,12-,13-/m1/s1. The van der Waals surface area contributed by atoms with Crippen LogP contribution < -0.4 is 0 Å². The molecule has 10 nitrogen and oxygen atoms in total. The van der Waals surface area contributed by atoms with E-state index in [9.17, 15) is 30.1 Å². The van der Waals surface area contributed by atoms with Crippen LogP contribution >= 0.6 is 11.6 Å². The predicted octanol–water partition coefficient (Wildman–Crippen LogP) is -0.379. The van der Waals surface area contributed by atoms with Crippen LogP contribution in [0.25, 0.3) is 0 Å². The molecule has 1 rings (SSSR count). The molecule has 11 heteroatoms. The Morgan fingerprint density at radius 1 is 1.16 bits per heavy atom. The minimum atomic E-state index is -1.62. The number of amides is 2. The highest BCUT2D eigenvalue weighted by molar-refractivity contribution is 6.18. The topological polar surface area (TPSA) is 143 Å². The van der Waals surface area contributed by atoms with E-state index < -0.39 is 43.3 Å². The van der Waals surface area contributed by atoms with Crippen LogP contribution in [-0.4, -0.2) is 92.6 Å². The molecule has 1 heterocycles.